The van der Waals surface area contributed by atoms with Crippen molar-refractivity contribution >= 4 is 23.5 Å². The monoisotopic (exact) mass is 363 g/mol. The van der Waals surface area contributed by atoms with Crippen LogP contribution in [-0.4, -0.2) is 76.7 Å². The average Bonchev–Trinajstić information content (AvgIpc) is 2.99. The number of aryl methyl sites for hydroxylation is 1. The number of aromatic nitrogens is 2. The number of nitrogens with zero attached hydrogens (tertiary/aromatic N) is 5. The molecule has 25 heavy (non-hydrogen) atoms. The summed E-state index contributed by atoms with van der Waals surface area (Å²) in [5.74, 6) is 1.36. The average molecular weight is 364 g/mol. The topological polar surface area (TPSA) is 52.6 Å². The lowest BCUT2D eigenvalue weighted by Gasteiger charge is -2.38. The fourth-order valence-electron chi connectivity index (χ4n) is 3.77. The Balaban J connectivity index is 1.67. The summed E-state index contributed by atoms with van der Waals surface area (Å²) < 4.78 is 0. The highest BCUT2D eigenvalue weighted by Gasteiger charge is 2.38. The molecule has 2 fully saturated rings. The molecule has 1 atom stereocenters. The largest absolute Gasteiger partial charge is 0.354 e. The van der Waals surface area contributed by atoms with Crippen molar-refractivity contribution in [2.24, 2.45) is 0 Å². The molecule has 0 N–H and O–H groups in total. The fourth-order valence-corrected chi connectivity index (χ4v) is 4.18. The molecule has 138 valence electrons. The van der Waals surface area contributed by atoms with Gasteiger partial charge in [-0.3, -0.25) is 9.69 Å². The van der Waals surface area contributed by atoms with Crippen LogP contribution in [0.4, 0.5) is 5.82 Å². The van der Waals surface area contributed by atoms with E-state index in [2.05, 4.69) is 35.6 Å². The Morgan fingerprint density at radius 1 is 1.08 bits per heavy atom. The summed E-state index contributed by atoms with van der Waals surface area (Å²) in [5, 5.41) is 0.832. The zero-order valence-corrected chi connectivity index (χ0v) is 16.8. The fraction of sp³-hybridized carbons (Fsp3) is 0.722. The van der Waals surface area contributed by atoms with Crippen molar-refractivity contribution in [1.29, 1.82) is 0 Å². The minimum atomic E-state index is 0.0690. The normalized spacial score (nSPS) is 22.3. The Labute approximate surface area is 155 Å². The van der Waals surface area contributed by atoms with Gasteiger partial charge in [-0.1, -0.05) is 11.8 Å². The van der Waals surface area contributed by atoms with Crippen molar-refractivity contribution in [1.82, 2.24) is 19.8 Å². The second-order valence-corrected chi connectivity index (χ2v) is 7.97. The summed E-state index contributed by atoms with van der Waals surface area (Å²) in [6.07, 6.45) is 2.97. The van der Waals surface area contributed by atoms with Gasteiger partial charge in [0.05, 0.1) is 6.04 Å². The molecule has 2 aliphatic rings. The van der Waals surface area contributed by atoms with Gasteiger partial charge in [0, 0.05) is 50.0 Å². The highest BCUT2D eigenvalue weighted by molar-refractivity contribution is 7.98. The molecule has 1 amide bonds. The lowest BCUT2D eigenvalue weighted by Crippen LogP contribution is -2.53. The van der Waals surface area contributed by atoms with E-state index < -0.39 is 0 Å². The molecule has 6 nitrogen and oxygen atoms in total. The van der Waals surface area contributed by atoms with E-state index in [0.29, 0.717) is 11.9 Å². The van der Waals surface area contributed by atoms with Crippen molar-refractivity contribution < 1.29 is 4.79 Å². The van der Waals surface area contributed by atoms with Gasteiger partial charge in [-0.2, -0.15) is 0 Å². The van der Waals surface area contributed by atoms with Gasteiger partial charge in [0.1, 0.15) is 5.82 Å². The van der Waals surface area contributed by atoms with Crippen LogP contribution in [-0.2, 0) is 4.79 Å². The number of amides is 1. The maximum Gasteiger partial charge on any atom is 0.240 e. The number of likely N-dealkylation sites (tertiary alicyclic amines) is 1. The molecule has 7 heteroatoms. The third kappa shape index (κ3) is 3.62. The first-order valence-electron chi connectivity index (χ1n) is 9.11. The van der Waals surface area contributed by atoms with Crippen molar-refractivity contribution in [3.63, 3.8) is 0 Å². The Bertz CT molecular complexity index is 643. The number of rotatable bonds is 4. The van der Waals surface area contributed by atoms with Crippen LogP contribution < -0.4 is 4.90 Å². The molecule has 0 saturated carbocycles. The molecule has 2 saturated heterocycles. The molecular formula is C18H29N5OS. The van der Waals surface area contributed by atoms with Gasteiger partial charge in [0.15, 0.2) is 5.16 Å². The first-order valence-corrected chi connectivity index (χ1v) is 10.3. The molecule has 0 spiro atoms. The van der Waals surface area contributed by atoms with Crippen LogP contribution in [0.2, 0.25) is 0 Å². The predicted molar refractivity (Wildman–Crippen MR) is 102 cm³/mol. The third-order valence-corrected chi connectivity index (χ3v) is 5.96. The molecule has 3 heterocycles. The van der Waals surface area contributed by atoms with Crippen LogP contribution in [0, 0.1) is 13.8 Å². The van der Waals surface area contributed by atoms with E-state index in [4.69, 9.17) is 4.98 Å². The minimum absolute atomic E-state index is 0.0690. The number of piperazine rings is 1. The number of carbonyl (C=O) groups is 1. The molecule has 1 aromatic rings. The van der Waals surface area contributed by atoms with Crippen molar-refractivity contribution in [2.75, 3.05) is 43.9 Å². The summed E-state index contributed by atoms with van der Waals surface area (Å²) in [5.41, 5.74) is 2.21. The summed E-state index contributed by atoms with van der Waals surface area (Å²) in [6.45, 7) is 12.9. The molecule has 0 radical (unpaired) electrons. The maximum atomic E-state index is 12.6. The van der Waals surface area contributed by atoms with E-state index in [9.17, 15) is 4.79 Å². The van der Waals surface area contributed by atoms with Gasteiger partial charge in [0.25, 0.3) is 0 Å². The molecule has 0 bridgehead atoms. The van der Waals surface area contributed by atoms with E-state index in [1.165, 1.54) is 0 Å². The van der Waals surface area contributed by atoms with Crippen LogP contribution in [0.1, 0.15) is 31.5 Å². The number of thioether (sulfide) groups is 1. The van der Waals surface area contributed by atoms with Crippen LogP contribution in [0.3, 0.4) is 0 Å². The third-order valence-electron chi connectivity index (χ3n) is 5.42. The number of hydrogen-bond acceptors (Lipinski definition) is 6. The van der Waals surface area contributed by atoms with E-state index >= 15 is 0 Å². The summed E-state index contributed by atoms with van der Waals surface area (Å²) in [4.78, 5) is 28.6. The highest BCUT2D eigenvalue weighted by atomic mass is 32.2. The van der Waals surface area contributed by atoms with E-state index in [-0.39, 0.29) is 6.04 Å². The highest BCUT2D eigenvalue weighted by Crippen LogP contribution is 2.26. The van der Waals surface area contributed by atoms with Crippen molar-refractivity contribution in [3.05, 3.63) is 11.3 Å². The Kier molecular flexibility index (Phi) is 5.53. The van der Waals surface area contributed by atoms with Crippen LogP contribution in [0.5, 0.6) is 0 Å². The summed E-state index contributed by atoms with van der Waals surface area (Å²) in [7, 11) is 0. The summed E-state index contributed by atoms with van der Waals surface area (Å²) >= 11 is 1.58. The van der Waals surface area contributed by atoms with Crippen molar-refractivity contribution in [3.8, 4) is 0 Å². The standard InChI is InChI=1S/C18H29N5OS/c1-12(2)23-7-6-15(17(23)24)21-8-10-22(11-9-21)16-13(3)14(4)19-18(20-16)25-5/h12,15H,6-11H2,1-5H3. The Hall–Kier alpha value is -1.34. The van der Waals surface area contributed by atoms with Crippen molar-refractivity contribution in [2.45, 2.75) is 51.4 Å². The first kappa shape index (κ1) is 18.5. The van der Waals surface area contributed by atoms with E-state index in [0.717, 1.165) is 61.4 Å². The van der Waals surface area contributed by atoms with Gasteiger partial charge in [-0.15, -0.1) is 0 Å². The Morgan fingerprint density at radius 3 is 2.32 bits per heavy atom. The Morgan fingerprint density at radius 2 is 1.76 bits per heavy atom. The number of hydrogen-bond donors (Lipinski definition) is 0. The predicted octanol–water partition coefficient (Wildman–Crippen LogP) is 1.95. The lowest BCUT2D eigenvalue weighted by atomic mass is 10.1. The molecule has 1 aromatic heterocycles. The molecular weight excluding hydrogens is 334 g/mol. The van der Waals surface area contributed by atoms with Crippen LogP contribution in [0.25, 0.3) is 0 Å². The molecule has 3 rings (SSSR count). The summed E-state index contributed by atoms with van der Waals surface area (Å²) in [6, 6.07) is 0.370. The number of anilines is 1. The van der Waals surface area contributed by atoms with Gasteiger partial charge >= 0.3 is 0 Å². The van der Waals surface area contributed by atoms with Crippen LogP contribution in [0.15, 0.2) is 5.16 Å². The molecule has 0 aliphatic carbocycles. The van der Waals surface area contributed by atoms with E-state index in [1.54, 1.807) is 11.8 Å². The lowest BCUT2D eigenvalue weighted by molar-refractivity contribution is -0.133. The zero-order valence-electron chi connectivity index (χ0n) is 15.9. The second kappa shape index (κ2) is 7.50. The molecule has 2 aliphatic heterocycles. The van der Waals surface area contributed by atoms with Gasteiger partial charge in [-0.25, -0.2) is 9.97 Å². The number of carbonyl (C=O) groups excluding carboxylic acids is 1. The van der Waals surface area contributed by atoms with Gasteiger partial charge in [0.2, 0.25) is 5.91 Å². The maximum absolute atomic E-state index is 12.6. The quantitative estimate of drug-likeness (QED) is 0.602. The van der Waals surface area contributed by atoms with Gasteiger partial charge in [-0.05, 0) is 40.4 Å². The second-order valence-electron chi connectivity index (χ2n) is 7.20. The molecule has 1 unspecified atom stereocenters. The smallest absolute Gasteiger partial charge is 0.240 e. The first-order chi connectivity index (χ1) is 11.9. The SMILES string of the molecule is CSc1nc(C)c(C)c(N2CCN(C3CCN(C(C)C)C3=O)CC2)n1. The van der Waals surface area contributed by atoms with Crippen LogP contribution >= 0.6 is 11.8 Å². The zero-order chi connectivity index (χ0) is 18.1. The molecule has 0 aromatic carbocycles. The van der Waals surface area contributed by atoms with E-state index in [1.807, 2.05) is 18.1 Å². The van der Waals surface area contributed by atoms with Gasteiger partial charge < -0.3 is 9.80 Å². The minimum Gasteiger partial charge on any atom is -0.354 e.